The highest BCUT2D eigenvalue weighted by Crippen LogP contribution is 2.34. The van der Waals surface area contributed by atoms with Crippen molar-refractivity contribution >= 4 is 40.0 Å². The maximum absolute atomic E-state index is 12.3. The van der Waals surface area contributed by atoms with Crippen molar-refractivity contribution in [2.45, 2.75) is 20.8 Å². The third-order valence-electron chi connectivity index (χ3n) is 3.84. The van der Waals surface area contributed by atoms with E-state index >= 15 is 0 Å². The number of carbonyl (C=O) groups excluding carboxylic acids is 4. The minimum Gasteiger partial charge on any atom is -0.484 e. The van der Waals surface area contributed by atoms with Crippen LogP contribution in [0.15, 0.2) is 24.3 Å². The summed E-state index contributed by atoms with van der Waals surface area (Å²) in [4.78, 5) is 48.1. The van der Waals surface area contributed by atoms with Gasteiger partial charge in [-0.3, -0.25) is 9.59 Å². The summed E-state index contributed by atoms with van der Waals surface area (Å²) in [5, 5.41) is 2.84. The number of nitrogens with one attached hydrogen (secondary N) is 1. The Morgan fingerprint density at radius 3 is 2.28 bits per heavy atom. The molecule has 0 aliphatic carbocycles. The highest BCUT2D eigenvalue weighted by molar-refractivity contribution is 7.18. The Hall–Kier alpha value is -3.20. The van der Waals surface area contributed by atoms with Crippen LogP contribution in [0.3, 0.4) is 0 Å². The number of amides is 1. The predicted octanol–water partition coefficient (Wildman–Crippen LogP) is 3.24. The van der Waals surface area contributed by atoms with Gasteiger partial charge >= 0.3 is 11.9 Å². The summed E-state index contributed by atoms with van der Waals surface area (Å²) in [6.07, 6.45) is 0. The van der Waals surface area contributed by atoms with Crippen LogP contribution in [-0.2, 0) is 14.3 Å². The van der Waals surface area contributed by atoms with Crippen molar-refractivity contribution in [1.82, 2.24) is 0 Å². The Labute approximate surface area is 171 Å². The second-order valence-corrected chi connectivity index (χ2v) is 6.91. The van der Waals surface area contributed by atoms with E-state index in [1.54, 1.807) is 13.8 Å². The van der Waals surface area contributed by atoms with E-state index < -0.39 is 17.8 Å². The molecule has 0 bridgehead atoms. The summed E-state index contributed by atoms with van der Waals surface area (Å²) in [6, 6.07) is 6.10. The van der Waals surface area contributed by atoms with Crippen LogP contribution in [-0.4, -0.2) is 44.0 Å². The van der Waals surface area contributed by atoms with Crippen molar-refractivity contribution in [1.29, 1.82) is 0 Å². The molecule has 8 nitrogen and oxygen atoms in total. The van der Waals surface area contributed by atoms with Crippen molar-refractivity contribution in [2.75, 3.05) is 25.6 Å². The molecule has 0 unspecified atom stereocenters. The highest BCUT2D eigenvalue weighted by Gasteiger charge is 2.25. The van der Waals surface area contributed by atoms with Crippen molar-refractivity contribution in [3.63, 3.8) is 0 Å². The quantitative estimate of drug-likeness (QED) is 0.517. The lowest BCUT2D eigenvalue weighted by Crippen LogP contribution is -2.21. The summed E-state index contributed by atoms with van der Waals surface area (Å²) < 4.78 is 15.0. The van der Waals surface area contributed by atoms with Crippen LogP contribution in [0.2, 0.25) is 0 Å². The summed E-state index contributed by atoms with van der Waals surface area (Å²) in [6.45, 7) is 4.53. The second-order valence-electron chi connectivity index (χ2n) is 5.89. The fraction of sp³-hybridized carbons (Fsp3) is 0.300. The molecule has 1 aromatic carbocycles. The Balaban J connectivity index is 2.10. The highest BCUT2D eigenvalue weighted by atomic mass is 32.1. The van der Waals surface area contributed by atoms with Gasteiger partial charge in [0.15, 0.2) is 12.4 Å². The molecule has 1 N–H and O–H groups in total. The second kappa shape index (κ2) is 9.83. The molecule has 1 amide bonds. The number of ether oxygens (including phenoxy) is 3. The Kier molecular flexibility index (Phi) is 7.49. The van der Waals surface area contributed by atoms with Crippen LogP contribution < -0.4 is 10.1 Å². The van der Waals surface area contributed by atoms with Gasteiger partial charge < -0.3 is 19.5 Å². The first-order valence-corrected chi connectivity index (χ1v) is 9.52. The van der Waals surface area contributed by atoms with Crippen molar-refractivity contribution in [3.05, 3.63) is 45.8 Å². The van der Waals surface area contributed by atoms with Gasteiger partial charge in [0.05, 0.1) is 29.7 Å². The third kappa shape index (κ3) is 5.41. The molecule has 0 atom stereocenters. The van der Waals surface area contributed by atoms with Gasteiger partial charge in [-0.25, -0.2) is 9.59 Å². The van der Waals surface area contributed by atoms with E-state index in [9.17, 15) is 19.2 Å². The van der Waals surface area contributed by atoms with E-state index in [1.807, 2.05) is 0 Å². The predicted molar refractivity (Wildman–Crippen MR) is 107 cm³/mol. The lowest BCUT2D eigenvalue weighted by molar-refractivity contribution is -0.118. The molecule has 29 heavy (non-hydrogen) atoms. The standard InChI is InChI=1S/C20H21NO7S/c1-5-27-20(25)16-11(2)17(12(3)22)29-18(16)21-15(23)10-28-14-8-6-13(7-9-14)19(24)26-4/h6-9H,5,10H2,1-4H3,(H,21,23). The van der Waals surface area contributed by atoms with Gasteiger partial charge in [-0.05, 0) is 50.6 Å². The molecule has 0 fully saturated rings. The van der Waals surface area contributed by atoms with Gasteiger partial charge in [-0.2, -0.15) is 0 Å². The molecule has 1 aromatic heterocycles. The number of ketones is 1. The van der Waals surface area contributed by atoms with Crippen LogP contribution in [0.5, 0.6) is 5.75 Å². The molecular formula is C20H21NO7S. The Bertz CT molecular complexity index is 931. The van der Waals surface area contributed by atoms with Gasteiger partial charge in [-0.1, -0.05) is 0 Å². The zero-order valence-corrected chi connectivity index (χ0v) is 17.3. The summed E-state index contributed by atoms with van der Waals surface area (Å²) >= 11 is 1.02. The lowest BCUT2D eigenvalue weighted by atomic mass is 10.1. The van der Waals surface area contributed by atoms with E-state index in [0.717, 1.165) is 11.3 Å². The summed E-state index contributed by atoms with van der Waals surface area (Å²) in [5.74, 6) is -1.42. The molecule has 0 saturated heterocycles. The number of hydrogen-bond donors (Lipinski definition) is 1. The molecule has 154 valence electrons. The van der Waals surface area contributed by atoms with Gasteiger partial charge in [0.1, 0.15) is 10.8 Å². The molecule has 0 aliphatic rings. The van der Waals surface area contributed by atoms with Crippen molar-refractivity contribution < 1.29 is 33.4 Å². The topological polar surface area (TPSA) is 108 Å². The average molecular weight is 419 g/mol. The van der Waals surface area contributed by atoms with Crippen LogP contribution >= 0.6 is 11.3 Å². The number of rotatable bonds is 8. The number of anilines is 1. The molecular weight excluding hydrogens is 398 g/mol. The number of methoxy groups -OCH3 is 1. The zero-order valence-electron chi connectivity index (χ0n) is 16.5. The van der Waals surface area contributed by atoms with E-state index in [1.165, 1.54) is 38.3 Å². The van der Waals surface area contributed by atoms with Gasteiger partial charge in [-0.15, -0.1) is 11.3 Å². The maximum Gasteiger partial charge on any atom is 0.341 e. The van der Waals surface area contributed by atoms with Crippen molar-refractivity contribution in [3.8, 4) is 5.75 Å². The Morgan fingerprint density at radius 2 is 1.72 bits per heavy atom. The molecule has 2 rings (SSSR count). The van der Waals surface area contributed by atoms with Crippen LogP contribution in [0, 0.1) is 6.92 Å². The van der Waals surface area contributed by atoms with Gasteiger partial charge in [0.2, 0.25) is 0 Å². The maximum atomic E-state index is 12.3. The first kappa shape index (κ1) is 22.1. The summed E-state index contributed by atoms with van der Waals surface area (Å²) in [7, 11) is 1.28. The van der Waals surface area contributed by atoms with E-state index in [0.29, 0.717) is 21.8 Å². The minimum absolute atomic E-state index is 0.165. The molecule has 0 radical (unpaired) electrons. The van der Waals surface area contributed by atoms with Crippen molar-refractivity contribution in [2.24, 2.45) is 0 Å². The van der Waals surface area contributed by atoms with Crippen LogP contribution in [0.25, 0.3) is 0 Å². The fourth-order valence-corrected chi connectivity index (χ4v) is 3.61. The first-order valence-electron chi connectivity index (χ1n) is 8.70. The van der Waals surface area contributed by atoms with Crippen LogP contribution in [0.4, 0.5) is 5.00 Å². The number of thiophene rings is 1. The molecule has 1 heterocycles. The fourth-order valence-electron chi connectivity index (χ4n) is 2.50. The minimum atomic E-state index is -0.608. The monoisotopic (exact) mass is 419 g/mol. The van der Waals surface area contributed by atoms with Crippen LogP contribution in [0.1, 0.15) is 49.8 Å². The molecule has 0 spiro atoms. The first-order chi connectivity index (χ1) is 13.8. The normalized spacial score (nSPS) is 10.2. The SMILES string of the molecule is CCOC(=O)c1c(NC(=O)COc2ccc(C(=O)OC)cc2)sc(C(C)=O)c1C. The molecule has 2 aromatic rings. The summed E-state index contributed by atoms with van der Waals surface area (Å²) in [5.41, 5.74) is 0.989. The Morgan fingerprint density at radius 1 is 1.07 bits per heavy atom. The number of benzene rings is 1. The average Bonchev–Trinajstić information content (AvgIpc) is 3.02. The largest absolute Gasteiger partial charge is 0.484 e. The smallest absolute Gasteiger partial charge is 0.341 e. The van der Waals surface area contributed by atoms with E-state index in [-0.39, 0.29) is 29.6 Å². The third-order valence-corrected chi connectivity index (χ3v) is 5.15. The van der Waals surface area contributed by atoms with Gasteiger partial charge in [0.25, 0.3) is 5.91 Å². The lowest BCUT2D eigenvalue weighted by Gasteiger charge is -2.09. The number of Topliss-reactive ketones (excluding diaryl/α,β-unsaturated/α-hetero) is 1. The molecule has 0 aliphatic heterocycles. The van der Waals surface area contributed by atoms with E-state index in [4.69, 9.17) is 9.47 Å². The molecule has 0 saturated carbocycles. The van der Waals surface area contributed by atoms with E-state index in [2.05, 4.69) is 10.1 Å². The zero-order chi connectivity index (χ0) is 21.6. The number of carbonyl (C=O) groups is 4. The molecule has 9 heteroatoms. The van der Waals surface area contributed by atoms with Gasteiger partial charge in [0, 0.05) is 0 Å². The number of esters is 2. The number of hydrogen-bond acceptors (Lipinski definition) is 8.